The number of benzene rings is 3. The molecule has 0 aliphatic carbocycles. The van der Waals surface area contributed by atoms with Crippen LogP contribution in [0.2, 0.25) is 0 Å². The number of para-hydroxylation sites is 1. The second-order valence-electron chi connectivity index (χ2n) is 6.03. The first-order valence-corrected chi connectivity index (χ1v) is 8.78. The molecular formula is C22H19FN2O4. The van der Waals surface area contributed by atoms with E-state index < -0.39 is 11.7 Å². The van der Waals surface area contributed by atoms with Crippen LogP contribution in [0.15, 0.2) is 72.8 Å². The van der Waals surface area contributed by atoms with Crippen LogP contribution in [0.1, 0.15) is 10.4 Å². The fourth-order valence-corrected chi connectivity index (χ4v) is 2.48. The van der Waals surface area contributed by atoms with Gasteiger partial charge in [0.2, 0.25) is 0 Å². The predicted octanol–water partition coefficient (Wildman–Crippen LogP) is 4.10. The minimum Gasteiger partial charge on any atom is -0.497 e. The molecule has 3 aromatic carbocycles. The molecule has 0 radical (unpaired) electrons. The zero-order chi connectivity index (χ0) is 20.6. The van der Waals surface area contributed by atoms with Crippen LogP contribution in [-0.4, -0.2) is 25.5 Å². The van der Waals surface area contributed by atoms with Crippen molar-refractivity contribution in [1.29, 1.82) is 0 Å². The standard InChI is InChI=1S/C22H19FN2O4/c1-28-18-12-10-17(11-13-18)25-22(27)15-6-8-16(9-7-15)24-21(26)14-29-20-5-3-2-4-19(20)23/h2-13H,14H2,1H3,(H,24,26)(H,25,27). The molecule has 6 nitrogen and oxygen atoms in total. The minimum atomic E-state index is -0.535. The number of carbonyl (C=O) groups excluding carboxylic acids is 2. The maximum atomic E-state index is 13.5. The van der Waals surface area contributed by atoms with E-state index in [4.69, 9.17) is 9.47 Å². The third-order valence-electron chi connectivity index (χ3n) is 3.97. The average molecular weight is 394 g/mol. The Labute approximate surface area is 167 Å². The lowest BCUT2D eigenvalue weighted by Gasteiger charge is -2.09. The van der Waals surface area contributed by atoms with Crippen molar-refractivity contribution in [1.82, 2.24) is 0 Å². The number of nitrogens with one attached hydrogen (secondary N) is 2. The Morgan fingerprint density at radius 1 is 0.862 bits per heavy atom. The van der Waals surface area contributed by atoms with Crippen LogP contribution in [0.4, 0.5) is 15.8 Å². The van der Waals surface area contributed by atoms with Crippen LogP contribution in [-0.2, 0) is 4.79 Å². The molecular weight excluding hydrogens is 375 g/mol. The van der Waals surface area contributed by atoms with Crippen LogP contribution in [0.5, 0.6) is 11.5 Å². The fourth-order valence-electron chi connectivity index (χ4n) is 2.48. The fraction of sp³-hybridized carbons (Fsp3) is 0.0909. The second-order valence-corrected chi connectivity index (χ2v) is 6.03. The number of ether oxygens (including phenoxy) is 2. The molecule has 0 atom stereocenters. The van der Waals surface area contributed by atoms with E-state index in [9.17, 15) is 14.0 Å². The summed E-state index contributed by atoms with van der Waals surface area (Å²) in [4.78, 5) is 24.3. The first-order valence-electron chi connectivity index (χ1n) is 8.78. The highest BCUT2D eigenvalue weighted by atomic mass is 19.1. The average Bonchev–Trinajstić information content (AvgIpc) is 2.74. The maximum Gasteiger partial charge on any atom is 0.262 e. The molecule has 148 valence electrons. The van der Waals surface area contributed by atoms with Gasteiger partial charge in [-0.2, -0.15) is 0 Å². The van der Waals surface area contributed by atoms with Gasteiger partial charge in [0.15, 0.2) is 18.2 Å². The van der Waals surface area contributed by atoms with Crippen molar-refractivity contribution < 1.29 is 23.5 Å². The topological polar surface area (TPSA) is 76.7 Å². The Morgan fingerprint density at radius 3 is 2.14 bits per heavy atom. The van der Waals surface area contributed by atoms with Gasteiger partial charge in [0.05, 0.1) is 7.11 Å². The highest BCUT2D eigenvalue weighted by Crippen LogP contribution is 2.17. The summed E-state index contributed by atoms with van der Waals surface area (Å²) in [6, 6.07) is 19.2. The van der Waals surface area contributed by atoms with E-state index in [-0.39, 0.29) is 18.3 Å². The van der Waals surface area contributed by atoms with Gasteiger partial charge >= 0.3 is 0 Å². The summed E-state index contributed by atoms with van der Waals surface area (Å²) < 4.78 is 23.7. The lowest BCUT2D eigenvalue weighted by atomic mass is 10.2. The van der Waals surface area contributed by atoms with Gasteiger partial charge < -0.3 is 20.1 Å². The number of anilines is 2. The van der Waals surface area contributed by atoms with Crippen LogP contribution in [0, 0.1) is 5.82 Å². The van der Waals surface area contributed by atoms with E-state index in [1.807, 2.05) is 0 Å². The predicted molar refractivity (Wildman–Crippen MR) is 108 cm³/mol. The number of halogens is 1. The monoisotopic (exact) mass is 394 g/mol. The zero-order valence-corrected chi connectivity index (χ0v) is 15.6. The van der Waals surface area contributed by atoms with Crippen molar-refractivity contribution in [2.45, 2.75) is 0 Å². The summed E-state index contributed by atoms with van der Waals surface area (Å²) in [7, 11) is 1.57. The van der Waals surface area contributed by atoms with Gasteiger partial charge in [-0.1, -0.05) is 12.1 Å². The van der Waals surface area contributed by atoms with Crippen molar-refractivity contribution in [2.24, 2.45) is 0 Å². The molecule has 0 spiro atoms. The summed E-state index contributed by atoms with van der Waals surface area (Å²) >= 11 is 0. The lowest BCUT2D eigenvalue weighted by Crippen LogP contribution is -2.20. The SMILES string of the molecule is COc1ccc(NC(=O)c2ccc(NC(=O)COc3ccccc3F)cc2)cc1. The number of rotatable bonds is 7. The molecule has 0 fully saturated rings. The van der Waals surface area contributed by atoms with E-state index >= 15 is 0 Å². The van der Waals surface area contributed by atoms with Crippen molar-refractivity contribution in [3.63, 3.8) is 0 Å². The molecule has 3 rings (SSSR count). The molecule has 29 heavy (non-hydrogen) atoms. The van der Waals surface area contributed by atoms with E-state index in [0.29, 0.717) is 22.7 Å². The number of carbonyl (C=O) groups is 2. The molecule has 2 N–H and O–H groups in total. The smallest absolute Gasteiger partial charge is 0.262 e. The molecule has 2 amide bonds. The van der Waals surface area contributed by atoms with Crippen LogP contribution < -0.4 is 20.1 Å². The second kappa shape index (κ2) is 9.36. The summed E-state index contributed by atoms with van der Waals surface area (Å²) in [5.74, 6) is -0.553. The molecule has 0 bridgehead atoms. The third kappa shape index (κ3) is 5.55. The number of methoxy groups -OCH3 is 1. The van der Waals surface area contributed by atoms with Crippen molar-refractivity contribution in [3.05, 3.63) is 84.2 Å². The highest BCUT2D eigenvalue weighted by Gasteiger charge is 2.09. The molecule has 3 aromatic rings. The van der Waals surface area contributed by atoms with E-state index in [0.717, 1.165) is 0 Å². The van der Waals surface area contributed by atoms with Gasteiger partial charge in [-0.3, -0.25) is 9.59 Å². The molecule has 0 saturated heterocycles. The molecule has 0 aliphatic heterocycles. The van der Waals surface area contributed by atoms with Gasteiger partial charge in [0.25, 0.3) is 11.8 Å². The lowest BCUT2D eigenvalue weighted by molar-refractivity contribution is -0.118. The minimum absolute atomic E-state index is 0.00759. The van der Waals surface area contributed by atoms with Crippen LogP contribution in [0.25, 0.3) is 0 Å². The zero-order valence-electron chi connectivity index (χ0n) is 15.6. The van der Waals surface area contributed by atoms with Crippen molar-refractivity contribution >= 4 is 23.2 Å². The normalized spacial score (nSPS) is 10.1. The van der Waals surface area contributed by atoms with Crippen molar-refractivity contribution in [2.75, 3.05) is 24.4 Å². The Morgan fingerprint density at radius 2 is 1.48 bits per heavy atom. The summed E-state index contributed by atoms with van der Waals surface area (Å²) in [5.41, 5.74) is 1.56. The van der Waals surface area contributed by atoms with Gasteiger partial charge in [-0.15, -0.1) is 0 Å². The maximum absolute atomic E-state index is 13.5. The Balaban J connectivity index is 1.53. The van der Waals surface area contributed by atoms with E-state index in [1.165, 1.54) is 18.2 Å². The third-order valence-corrected chi connectivity index (χ3v) is 3.97. The molecule has 0 unspecified atom stereocenters. The van der Waals surface area contributed by atoms with Gasteiger partial charge in [0, 0.05) is 16.9 Å². The molecule has 0 heterocycles. The summed E-state index contributed by atoms with van der Waals surface area (Å²) in [6.07, 6.45) is 0. The number of hydrogen-bond donors (Lipinski definition) is 2. The number of hydrogen-bond acceptors (Lipinski definition) is 4. The van der Waals surface area contributed by atoms with Gasteiger partial charge in [-0.05, 0) is 60.7 Å². The van der Waals surface area contributed by atoms with Crippen molar-refractivity contribution in [3.8, 4) is 11.5 Å². The molecule has 7 heteroatoms. The summed E-state index contributed by atoms with van der Waals surface area (Å²) in [5, 5.41) is 5.40. The summed E-state index contributed by atoms with van der Waals surface area (Å²) in [6.45, 7) is -0.333. The molecule has 0 aromatic heterocycles. The van der Waals surface area contributed by atoms with E-state index in [2.05, 4.69) is 10.6 Å². The van der Waals surface area contributed by atoms with E-state index in [1.54, 1.807) is 61.7 Å². The Hall–Kier alpha value is -3.87. The Kier molecular flexibility index (Phi) is 6.42. The highest BCUT2D eigenvalue weighted by molar-refractivity contribution is 6.04. The largest absolute Gasteiger partial charge is 0.497 e. The quantitative estimate of drug-likeness (QED) is 0.632. The molecule has 0 aliphatic rings. The first kappa shape index (κ1) is 19.9. The first-order chi connectivity index (χ1) is 14.0. The Bertz CT molecular complexity index is 988. The molecule has 0 saturated carbocycles. The van der Waals surface area contributed by atoms with Crippen LogP contribution in [0.3, 0.4) is 0 Å². The number of amides is 2. The van der Waals surface area contributed by atoms with Crippen LogP contribution >= 0.6 is 0 Å². The van der Waals surface area contributed by atoms with Gasteiger partial charge in [-0.25, -0.2) is 4.39 Å². The van der Waals surface area contributed by atoms with Gasteiger partial charge in [0.1, 0.15) is 5.75 Å².